The highest BCUT2D eigenvalue weighted by atomic mass is 16.5. The third-order valence-corrected chi connectivity index (χ3v) is 2.71. The number of esters is 1. The molecular formula is C14H14O2. The predicted molar refractivity (Wildman–Crippen MR) is 63.5 cm³/mol. The van der Waals surface area contributed by atoms with E-state index >= 15 is 0 Å². The molecule has 2 rings (SSSR count). The highest BCUT2D eigenvalue weighted by Crippen LogP contribution is 2.28. The fourth-order valence-corrected chi connectivity index (χ4v) is 1.70. The average Bonchev–Trinajstić information content (AvgIpc) is 2.44. The molecule has 0 N–H and O–H groups in total. The number of carbonyl (C=O) groups is 1. The molecule has 0 aromatic heterocycles. The van der Waals surface area contributed by atoms with Gasteiger partial charge in [0.25, 0.3) is 0 Å². The van der Waals surface area contributed by atoms with Crippen LogP contribution in [0.25, 0.3) is 5.76 Å². The smallest absolute Gasteiger partial charge is 0.338 e. The maximum atomic E-state index is 11.6. The van der Waals surface area contributed by atoms with Crippen LogP contribution in [0.2, 0.25) is 0 Å². The molecule has 0 bridgehead atoms. The third-order valence-electron chi connectivity index (χ3n) is 2.71. The van der Waals surface area contributed by atoms with Gasteiger partial charge in [0.1, 0.15) is 5.76 Å². The van der Waals surface area contributed by atoms with Gasteiger partial charge in [-0.15, -0.1) is 0 Å². The molecule has 0 fully saturated rings. The highest BCUT2D eigenvalue weighted by Gasteiger charge is 2.19. The van der Waals surface area contributed by atoms with Crippen LogP contribution >= 0.6 is 0 Å². The molecule has 2 nitrogen and oxygen atoms in total. The molecule has 1 aromatic carbocycles. The van der Waals surface area contributed by atoms with Crippen LogP contribution in [0.3, 0.4) is 0 Å². The van der Waals surface area contributed by atoms with E-state index in [1.807, 2.05) is 37.3 Å². The van der Waals surface area contributed by atoms with Gasteiger partial charge in [-0.05, 0) is 25.3 Å². The van der Waals surface area contributed by atoms with E-state index in [1.54, 1.807) is 0 Å². The molecule has 0 spiro atoms. The van der Waals surface area contributed by atoms with Crippen molar-refractivity contribution in [3.8, 4) is 0 Å². The van der Waals surface area contributed by atoms with Gasteiger partial charge in [0.2, 0.25) is 0 Å². The zero-order valence-electron chi connectivity index (χ0n) is 9.32. The Hall–Kier alpha value is -1.83. The minimum atomic E-state index is -0.310. The van der Waals surface area contributed by atoms with E-state index in [4.69, 9.17) is 4.74 Å². The second-order valence-electron chi connectivity index (χ2n) is 3.97. The Bertz CT molecular complexity index is 455. The average molecular weight is 214 g/mol. The number of cyclic esters (lactones) is 1. The van der Waals surface area contributed by atoms with Gasteiger partial charge < -0.3 is 4.74 Å². The Labute approximate surface area is 95.2 Å². The second kappa shape index (κ2) is 4.35. The summed E-state index contributed by atoms with van der Waals surface area (Å²) in [6, 6.07) is 9.70. The van der Waals surface area contributed by atoms with Crippen LogP contribution in [0.4, 0.5) is 0 Å². The number of benzene rings is 1. The van der Waals surface area contributed by atoms with Crippen molar-refractivity contribution in [2.24, 2.45) is 0 Å². The van der Waals surface area contributed by atoms with Crippen molar-refractivity contribution in [2.45, 2.75) is 19.8 Å². The molecule has 0 saturated heterocycles. The lowest BCUT2D eigenvalue weighted by molar-refractivity contribution is -0.132. The van der Waals surface area contributed by atoms with Gasteiger partial charge in [-0.1, -0.05) is 36.9 Å². The van der Waals surface area contributed by atoms with E-state index in [1.165, 1.54) is 0 Å². The first-order valence-electron chi connectivity index (χ1n) is 5.33. The molecular weight excluding hydrogens is 200 g/mol. The van der Waals surface area contributed by atoms with Crippen molar-refractivity contribution in [1.82, 2.24) is 0 Å². The zero-order chi connectivity index (χ0) is 11.5. The third kappa shape index (κ3) is 2.06. The molecule has 1 heterocycles. The van der Waals surface area contributed by atoms with Crippen LogP contribution in [-0.2, 0) is 9.53 Å². The standard InChI is InChI=1S/C14H14O2/c1-10-8-9-11(2)14(15)16-13(10)12-6-4-3-5-7-12/h3-7H,2,8-9H2,1H3. The highest BCUT2D eigenvalue weighted by molar-refractivity contribution is 5.92. The first-order chi connectivity index (χ1) is 7.68. The summed E-state index contributed by atoms with van der Waals surface area (Å²) in [6.07, 6.45) is 1.51. The number of hydrogen-bond donors (Lipinski definition) is 0. The Balaban J connectivity index is 2.39. The molecule has 1 aliphatic rings. The molecule has 82 valence electrons. The van der Waals surface area contributed by atoms with Crippen LogP contribution in [-0.4, -0.2) is 5.97 Å². The summed E-state index contributed by atoms with van der Waals surface area (Å²) < 4.78 is 5.36. The van der Waals surface area contributed by atoms with Crippen LogP contribution in [0, 0.1) is 0 Å². The Kier molecular flexibility index (Phi) is 2.91. The monoisotopic (exact) mass is 214 g/mol. The summed E-state index contributed by atoms with van der Waals surface area (Å²) in [6.45, 7) is 5.71. The predicted octanol–water partition coefficient (Wildman–Crippen LogP) is 3.31. The molecule has 2 heteroatoms. The molecule has 1 aromatic rings. The van der Waals surface area contributed by atoms with Gasteiger partial charge in [0.05, 0.1) is 0 Å². The van der Waals surface area contributed by atoms with Crippen molar-refractivity contribution in [2.75, 3.05) is 0 Å². The summed E-state index contributed by atoms with van der Waals surface area (Å²) in [5.74, 6) is 0.375. The van der Waals surface area contributed by atoms with Crippen molar-refractivity contribution in [3.05, 3.63) is 53.6 Å². The molecule has 16 heavy (non-hydrogen) atoms. The fourth-order valence-electron chi connectivity index (χ4n) is 1.70. The number of carbonyl (C=O) groups excluding carboxylic acids is 1. The number of rotatable bonds is 1. The molecule has 0 saturated carbocycles. The maximum Gasteiger partial charge on any atom is 0.338 e. The Morgan fingerprint density at radius 2 is 1.88 bits per heavy atom. The van der Waals surface area contributed by atoms with Gasteiger partial charge in [0, 0.05) is 11.1 Å². The summed E-state index contributed by atoms with van der Waals surface area (Å²) in [4.78, 5) is 11.6. The summed E-state index contributed by atoms with van der Waals surface area (Å²) >= 11 is 0. The lowest BCUT2D eigenvalue weighted by Crippen LogP contribution is -2.04. The van der Waals surface area contributed by atoms with Crippen molar-refractivity contribution < 1.29 is 9.53 Å². The largest absolute Gasteiger partial charge is 0.423 e. The maximum absolute atomic E-state index is 11.6. The first kappa shape index (κ1) is 10.7. The quantitative estimate of drug-likeness (QED) is 0.529. The van der Waals surface area contributed by atoms with Gasteiger partial charge in [0.15, 0.2) is 0 Å². The summed E-state index contributed by atoms with van der Waals surface area (Å²) in [5, 5.41) is 0. The molecule has 0 radical (unpaired) electrons. The lowest BCUT2D eigenvalue weighted by atomic mass is 10.0. The number of hydrogen-bond acceptors (Lipinski definition) is 2. The van der Waals surface area contributed by atoms with Gasteiger partial charge in [-0.3, -0.25) is 0 Å². The fraction of sp³-hybridized carbons (Fsp3) is 0.214. The van der Waals surface area contributed by atoms with Crippen molar-refractivity contribution in [3.63, 3.8) is 0 Å². The SMILES string of the molecule is C=C1CCC(C)=C(c2ccccc2)OC1=O. The molecule has 1 aliphatic heterocycles. The van der Waals surface area contributed by atoms with Crippen molar-refractivity contribution in [1.29, 1.82) is 0 Å². The van der Waals surface area contributed by atoms with E-state index in [9.17, 15) is 4.79 Å². The normalized spacial score (nSPS) is 17.1. The minimum absolute atomic E-state index is 0.310. The molecule has 0 aliphatic carbocycles. The van der Waals surface area contributed by atoms with Crippen LogP contribution in [0.15, 0.2) is 48.1 Å². The topological polar surface area (TPSA) is 26.3 Å². The van der Waals surface area contributed by atoms with E-state index < -0.39 is 0 Å². The van der Waals surface area contributed by atoms with E-state index in [0.717, 1.165) is 17.6 Å². The van der Waals surface area contributed by atoms with Gasteiger partial charge >= 0.3 is 5.97 Å². The second-order valence-corrected chi connectivity index (χ2v) is 3.97. The number of ether oxygens (including phenoxy) is 1. The van der Waals surface area contributed by atoms with Crippen LogP contribution in [0.1, 0.15) is 25.3 Å². The van der Waals surface area contributed by atoms with Crippen molar-refractivity contribution >= 4 is 11.7 Å². The molecule has 0 unspecified atom stereocenters. The van der Waals surface area contributed by atoms with E-state index in [2.05, 4.69) is 6.58 Å². The Morgan fingerprint density at radius 1 is 1.19 bits per heavy atom. The lowest BCUT2D eigenvalue weighted by Gasteiger charge is -2.09. The Morgan fingerprint density at radius 3 is 2.56 bits per heavy atom. The van der Waals surface area contributed by atoms with Gasteiger partial charge in [-0.2, -0.15) is 0 Å². The van der Waals surface area contributed by atoms with Gasteiger partial charge in [-0.25, -0.2) is 4.79 Å². The summed E-state index contributed by atoms with van der Waals surface area (Å²) in [7, 11) is 0. The van der Waals surface area contributed by atoms with E-state index in [-0.39, 0.29) is 5.97 Å². The first-order valence-corrected chi connectivity index (χ1v) is 5.33. The van der Waals surface area contributed by atoms with E-state index in [0.29, 0.717) is 17.8 Å². The van der Waals surface area contributed by atoms with Crippen LogP contribution < -0.4 is 0 Å². The summed E-state index contributed by atoms with van der Waals surface area (Å²) in [5.41, 5.74) is 2.59. The molecule has 0 amide bonds. The molecule has 0 atom stereocenters. The number of allylic oxidation sites excluding steroid dienone is 1. The van der Waals surface area contributed by atoms with Crippen LogP contribution in [0.5, 0.6) is 0 Å². The zero-order valence-corrected chi connectivity index (χ0v) is 9.32. The minimum Gasteiger partial charge on any atom is -0.423 e.